The highest BCUT2D eigenvalue weighted by Gasteiger charge is 2.53. The molecule has 3 amide bonds. The number of carbonyl (C=O) groups is 4. The van der Waals surface area contributed by atoms with Crippen molar-refractivity contribution >= 4 is 35.0 Å². The second-order valence-corrected chi connectivity index (χ2v) is 8.74. The molecule has 32 heavy (non-hydrogen) atoms. The molecule has 2 aliphatic heterocycles. The van der Waals surface area contributed by atoms with E-state index in [2.05, 4.69) is 10.6 Å². The summed E-state index contributed by atoms with van der Waals surface area (Å²) in [7, 11) is 1.55. The maximum Gasteiger partial charge on any atom is 0.352 e. The van der Waals surface area contributed by atoms with Crippen LogP contribution >= 0.6 is 11.3 Å². The minimum atomic E-state index is -1.16. The van der Waals surface area contributed by atoms with E-state index in [1.54, 1.807) is 36.1 Å². The van der Waals surface area contributed by atoms with E-state index in [0.717, 1.165) is 4.88 Å². The first-order valence-electron chi connectivity index (χ1n) is 10.2. The van der Waals surface area contributed by atoms with Gasteiger partial charge in [0, 0.05) is 29.6 Å². The Balaban J connectivity index is 1.47. The number of rotatable bonds is 7. The zero-order chi connectivity index (χ0) is 22.8. The number of β-lactam (4-membered cyclic amide) rings is 1. The lowest BCUT2D eigenvalue weighted by Crippen LogP contribution is -2.72. The number of carboxylic acids is 1. The van der Waals surface area contributed by atoms with Crippen LogP contribution in [-0.4, -0.2) is 52.8 Å². The maximum absolute atomic E-state index is 12.8. The van der Waals surface area contributed by atoms with E-state index >= 15 is 0 Å². The number of aliphatic carboxylic acids is 1. The molecule has 0 aromatic carbocycles. The van der Waals surface area contributed by atoms with Crippen molar-refractivity contribution in [2.75, 3.05) is 7.05 Å². The van der Waals surface area contributed by atoms with Gasteiger partial charge in [0.05, 0.1) is 18.0 Å². The van der Waals surface area contributed by atoms with E-state index in [1.165, 1.54) is 16.2 Å². The summed E-state index contributed by atoms with van der Waals surface area (Å²) in [5, 5.41) is 17.0. The van der Waals surface area contributed by atoms with Crippen LogP contribution < -0.4 is 15.2 Å². The van der Waals surface area contributed by atoms with Crippen molar-refractivity contribution in [3.63, 3.8) is 0 Å². The molecule has 4 rings (SSSR count). The van der Waals surface area contributed by atoms with E-state index in [0.29, 0.717) is 30.5 Å². The molecule has 0 bridgehead atoms. The minimum absolute atomic E-state index is 0.0158. The lowest BCUT2D eigenvalue weighted by molar-refractivity contribution is -0.689. The Morgan fingerprint density at radius 1 is 1.25 bits per heavy atom. The molecule has 0 saturated carbocycles. The van der Waals surface area contributed by atoms with Gasteiger partial charge in [-0.1, -0.05) is 6.07 Å². The van der Waals surface area contributed by atoms with Gasteiger partial charge in [-0.2, -0.15) is 0 Å². The molecule has 2 atom stereocenters. The molecule has 3 N–H and O–H groups in total. The lowest BCUT2D eigenvalue weighted by Gasteiger charge is -2.49. The molecule has 1 saturated heterocycles. The van der Waals surface area contributed by atoms with Crippen LogP contribution in [0.25, 0.3) is 0 Å². The third kappa shape index (κ3) is 4.13. The van der Waals surface area contributed by atoms with Crippen LogP contribution in [0.5, 0.6) is 0 Å². The average molecular weight is 456 g/mol. The number of thiophene rings is 1. The number of pyridine rings is 1. The number of carboxylic acid groups (broad SMARTS) is 1. The quantitative estimate of drug-likeness (QED) is 0.414. The fraction of sp³-hybridized carbons (Fsp3) is 0.318. The second-order valence-electron chi connectivity index (χ2n) is 7.71. The van der Waals surface area contributed by atoms with Crippen LogP contribution in [0.1, 0.15) is 28.1 Å². The number of hydrogen-bond donors (Lipinski definition) is 3. The fourth-order valence-electron chi connectivity index (χ4n) is 4.17. The van der Waals surface area contributed by atoms with Crippen molar-refractivity contribution in [3.8, 4) is 0 Å². The molecule has 2 aliphatic rings. The number of fused-ring (bicyclic) bond motifs is 1. The van der Waals surface area contributed by atoms with E-state index in [9.17, 15) is 24.3 Å². The summed E-state index contributed by atoms with van der Waals surface area (Å²) in [5.74, 6) is -2.02. The molecule has 166 valence electrons. The predicted octanol–water partition coefficient (Wildman–Crippen LogP) is 0.466. The summed E-state index contributed by atoms with van der Waals surface area (Å²) < 4.78 is 1.77. The van der Waals surface area contributed by atoms with E-state index in [1.807, 2.05) is 17.5 Å². The SMILES string of the molecule is CNC(=O)c1cc[n+](CC2=C(C(=O)O)N3C(=O)C(NC(=O)Cc4cccs4)C3CC2)cc1. The normalized spacial score (nSPS) is 19.8. The monoisotopic (exact) mass is 455 g/mol. The number of carbonyl (C=O) groups excluding carboxylic acids is 3. The lowest BCUT2D eigenvalue weighted by atomic mass is 9.83. The first kappa shape index (κ1) is 21.7. The topological polar surface area (TPSA) is 120 Å². The Morgan fingerprint density at radius 2 is 2.00 bits per heavy atom. The smallest absolute Gasteiger partial charge is 0.352 e. The zero-order valence-corrected chi connectivity index (χ0v) is 18.2. The van der Waals surface area contributed by atoms with Gasteiger partial charge in [0.1, 0.15) is 11.7 Å². The predicted molar refractivity (Wildman–Crippen MR) is 115 cm³/mol. The molecular formula is C22H23N4O5S+. The summed E-state index contributed by atoms with van der Waals surface area (Å²) in [6.07, 6.45) is 4.67. The van der Waals surface area contributed by atoms with Crippen LogP contribution in [0.15, 0.2) is 53.3 Å². The number of aromatic nitrogens is 1. The van der Waals surface area contributed by atoms with Crippen LogP contribution in [0.2, 0.25) is 0 Å². The van der Waals surface area contributed by atoms with Gasteiger partial charge in [0.25, 0.3) is 11.8 Å². The minimum Gasteiger partial charge on any atom is -0.477 e. The molecule has 10 heteroatoms. The number of nitrogens with one attached hydrogen (secondary N) is 2. The van der Waals surface area contributed by atoms with Gasteiger partial charge in [0.2, 0.25) is 5.91 Å². The summed E-state index contributed by atoms with van der Waals surface area (Å²) in [5.41, 5.74) is 1.11. The third-order valence-corrected chi connectivity index (χ3v) is 6.60. The molecule has 9 nitrogen and oxygen atoms in total. The van der Waals surface area contributed by atoms with Gasteiger partial charge >= 0.3 is 5.97 Å². The van der Waals surface area contributed by atoms with Crippen molar-refractivity contribution in [1.29, 1.82) is 0 Å². The van der Waals surface area contributed by atoms with Crippen molar-refractivity contribution in [3.05, 3.63) is 63.7 Å². The summed E-state index contributed by atoms with van der Waals surface area (Å²) >= 11 is 1.47. The molecule has 0 radical (unpaired) electrons. The van der Waals surface area contributed by atoms with Gasteiger partial charge in [-0.3, -0.25) is 19.3 Å². The summed E-state index contributed by atoms with van der Waals surface area (Å²) in [4.78, 5) is 51.0. The number of hydrogen-bond acceptors (Lipinski definition) is 5. The standard InChI is InChI=1S/C22H22N4O5S/c1-23-20(28)13-6-8-25(9-7-13)12-14-4-5-16-18(21(29)26(16)19(14)22(30)31)24-17(27)11-15-3-2-10-32-15/h2-3,6-10,16,18H,4-5,11-12H2,1H3,(H2-,23,24,27,28,30,31)/p+1. The molecule has 0 aliphatic carbocycles. The highest BCUT2D eigenvalue weighted by Crippen LogP contribution is 2.36. The molecule has 2 aromatic rings. The molecule has 0 spiro atoms. The maximum atomic E-state index is 12.8. The van der Waals surface area contributed by atoms with Gasteiger partial charge in [-0.05, 0) is 24.3 Å². The van der Waals surface area contributed by atoms with Gasteiger partial charge in [0.15, 0.2) is 18.9 Å². The van der Waals surface area contributed by atoms with E-state index in [4.69, 9.17) is 0 Å². The van der Waals surface area contributed by atoms with Crippen molar-refractivity contribution in [1.82, 2.24) is 15.5 Å². The Kier molecular flexibility index (Phi) is 6.04. The Labute approximate surface area is 188 Å². The molecular weight excluding hydrogens is 432 g/mol. The Morgan fingerprint density at radius 3 is 2.62 bits per heavy atom. The summed E-state index contributed by atoms with van der Waals surface area (Å²) in [6, 6.07) is 5.97. The van der Waals surface area contributed by atoms with Crippen LogP contribution in [0, 0.1) is 0 Å². The molecule has 2 aromatic heterocycles. The first-order chi connectivity index (χ1) is 15.4. The summed E-state index contributed by atoms with van der Waals surface area (Å²) in [6.45, 7) is 0.293. The molecule has 4 heterocycles. The van der Waals surface area contributed by atoms with Crippen LogP contribution in [0.4, 0.5) is 0 Å². The van der Waals surface area contributed by atoms with Crippen LogP contribution in [0.3, 0.4) is 0 Å². The zero-order valence-electron chi connectivity index (χ0n) is 17.4. The molecule has 2 unspecified atom stereocenters. The fourth-order valence-corrected chi connectivity index (χ4v) is 4.87. The number of allylic oxidation sites excluding steroid dienone is 1. The van der Waals surface area contributed by atoms with Crippen LogP contribution in [-0.2, 0) is 27.3 Å². The van der Waals surface area contributed by atoms with Crippen molar-refractivity contribution < 1.29 is 28.9 Å². The average Bonchev–Trinajstić information content (AvgIpc) is 3.29. The van der Waals surface area contributed by atoms with E-state index < -0.39 is 17.9 Å². The van der Waals surface area contributed by atoms with Gasteiger partial charge in [-0.25, -0.2) is 9.36 Å². The first-order valence-corrected chi connectivity index (χ1v) is 11.1. The number of amides is 3. The van der Waals surface area contributed by atoms with Gasteiger partial charge < -0.3 is 15.7 Å². The second kappa shape index (κ2) is 8.91. The van der Waals surface area contributed by atoms with Crippen molar-refractivity contribution in [2.24, 2.45) is 0 Å². The number of nitrogens with zero attached hydrogens (tertiary/aromatic N) is 2. The highest BCUT2D eigenvalue weighted by atomic mass is 32.1. The van der Waals surface area contributed by atoms with E-state index in [-0.39, 0.29) is 30.0 Å². The largest absolute Gasteiger partial charge is 0.477 e. The Bertz CT molecular complexity index is 1090. The Hall–Kier alpha value is -3.53. The highest BCUT2D eigenvalue weighted by molar-refractivity contribution is 7.10. The molecule has 1 fully saturated rings. The van der Waals surface area contributed by atoms with Gasteiger partial charge in [-0.15, -0.1) is 11.3 Å². The van der Waals surface area contributed by atoms with Crippen molar-refractivity contribution in [2.45, 2.75) is 37.9 Å². The third-order valence-electron chi connectivity index (χ3n) is 5.73.